The summed E-state index contributed by atoms with van der Waals surface area (Å²) in [6.07, 6.45) is 7.99. The van der Waals surface area contributed by atoms with E-state index in [1.54, 1.807) is 6.20 Å². The summed E-state index contributed by atoms with van der Waals surface area (Å²) in [7, 11) is 0. The van der Waals surface area contributed by atoms with E-state index in [0.717, 1.165) is 77.1 Å². The molecular weight excluding hydrogens is 342 g/mol. The fourth-order valence-electron chi connectivity index (χ4n) is 5.52. The average molecular weight is 371 g/mol. The van der Waals surface area contributed by atoms with Crippen LogP contribution >= 0.6 is 0 Å². The van der Waals surface area contributed by atoms with Gasteiger partial charge in [0.15, 0.2) is 5.79 Å². The van der Waals surface area contributed by atoms with Crippen molar-refractivity contribution in [3.05, 3.63) is 30.1 Å². The number of rotatable bonds is 3. The molecule has 1 saturated carbocycles. The zero-order valence-corrected chi connectivity index (χ0v) is 15.9. The van der Waals surface area contributed by atoms with E-state index in [9.17, 15) is 4.79 Å². The topological polar surface area (TPSA) is 54.9 Å². The van der Waals surface area contributed by atoms with Gasteiger partial charge in [0, 0.05) is 38.2 Å². The number of hydrogen-bond donors (Lipinski definition) is 0. The SMILES string of the molecule is O=C1N(Cc2ccccn2)CCC12CCN(C1CCC3(CC1)OCCO3)C2. The first-order chi connectivity index (χ1) is 13.2. The molecule has 6 nitrogen and oxygen atoms in total. The molecule has 0 N–H and O–H groups in total. The molecule has 2 spiro atoms. The lowest BCUT2D eigenvalue weighted by atomic mass is 9.85. The Morgan fingerprint density at radius 2 is 1.85 bits per heavy atom. The Morgan fingerprint density at radius 3 is 2.59 bits per heavy atom. The van der Waals surface area contributed by atoms with Crippen LogP contribution in [0, 0.1) is 5.41 Å². The molecule has 4 heterocycles. The summed E-state index contributed by atoms with van der Waals surface area (Å²) in [5.74, 6) is 0.0433. The summed E-state index contributed by atoms with van der Waals surface area (Å²) in [6.45, 7) is 4.93. The Morgan fingerprint density at radius 1 is 1.07 bits per heavy atom. The number of likely N-dealkylation sites (tertiary alicyclic amines) is 2. The molecule has 146 valence electrons. The highest BCUT2D eigenvalue weighted by atomic mass is 16.7. The molecule has 0 bridgehead atoms. The predicted molar refractivity (Wildman–Crippen MR) is 99.8 cm³/mol. The molecule has 1 aliphatic carbocycles. The Bertz CT molecular complexity index is 681. The van der Waals surface area contributed by atoms with Gasteiger partial charge in [0.2, 0.25) is 5.91 Å². The minimum atomic E-state index is -0.295. The van der Waals surface area contributed by atoms with Crippen LogP contribution in [0.2, 0.25) is 0 Å². The van der Waals surface area contributed by atoms with Crippen molar-refractivity contribution in [2.75, 3.05) is 32.8 Å². The first-order valence-corrected chi connectivity index (χ1v) is 10.4. The van der Waals surface area contributed by atoms with Gasteiger partial charge in [0.05, 0.1) is 30.9 Å². The van der Waals surface area contributed by atoms with E-state index < -0.39 is 0 Å². The molecule has 0 aromatic carbocycles. The van der Waals surface area contributed by atoms with Crippen LogP contribution in [0.1, 0.15) is 44.2 Å². The highest BCUT2D eigenvalue weighted by Gasteiger charge is 2.52. The van der Waals surface area contributed by atoms with Gasteiger partial charge in [-0.1, -0.05) is 6.07 Å². The third-order valence-electron chi connectivity index (χ3n) is 7.11. The molecule has 6 heteroatoms. The van der Waals surface area contributed by atoms with Crippen molar-refractivity contribution < 1.29 is 14.3 Å². The number of carbonyl (C=O) groups is 1. The highest BCUT2D eigenvalue weighted by Crippen LogP contribution is 2.44. The number of nitrogens with zero attached hydrogens (tertiary/aromatic N) is 3. The maximum Gasteiger partial charge on any atom is 0.230 e. The molecule has 3 saturated heterocycles. The lowest BCUT2D eigenvalue weighted by Crippen LogP contribution is -2.45. The van der Waals surface area contributed by atoms with Gasteiger partial charge in [-0.2, -0.15) is 0 Å². The highest BCUT2D eigenvalue weighted by molar-refractivity contribution is 5.85. The third-order valence-corrected chi connectivity index (χ3v) is 7.11. The number of carbonyl (C=O) groups excluding carboxylic acids is 1. The van der Waals surface area contributed by atoms with Crippen molar-refractivity contribution in [3.8, 4) is 0 Å². The van der Waals surface area contributed by atoms with Gasteiger partial charge in [-0.3, -0.25) is 14.7 Å². The van der Waals surface area contributed by atoms with Gasteiger partial charge in [-0.15, -0.1) is 0 Å². The molecule has 4 fully saturated rings. The van der Waals surface area contributed by atoms with Gasteiger partial charge >= 0.3 is 0 Å². The molecular formula is C21H29N3O3. The molecule has 1 aromatic heterocycles. The Kier molecular flexibility index (Phi) is 4.45. The van der Waals surface area contributed by atoms with Gasteiger partial charge < -0.3 is 14.4 Å². The smallest absolute Gasteiger partial charge is 0.230 e. The summed E-state index contributed by atoms with van der Waals surface area (Å²) >= 11 is 0. The lowest BCUT2D eigenvalue weighted by molar-refractivity contribution is -0.183. The fraction of sp³-hybridized carbons (Fsp3) is 0.714. The van der Waals surface area contributed by atoms with Crippen molar-refractivity contribution in [1.29, 1.82) is 0 Å². The lowest BCUT2D eigenvalue weighted by Gasteiger charge is -2.39. The van der Waals surface area contributed by atoms with E-state index in [-0.39, 0.29) is 11.2 Å². The molecule has 3 aliphatic heterocycles. The van der Waals surface area contributed by atoms with E-state index in [0.29, 0.717) is 18.5 Å². The number of hydrogen-bond acceptors (Lipinski definition) is 5. The maximum absolute atomic E-state index is 13.2. The van der Waals surface area contributed by atoms with E-state index in [2.05, 4.69) is 9.88 Å². The number of ether oxygens (including phenoxy) is 2. The normalized spacial score (nSPS) is 31.6. The predicted octanol–water partition coefficient (Wildman–Crippen LogP) is 2.19. The molecule has 4 aliphatic rings. The van der Waals surface area contributed by atoms with Crippen molar-refractivity contribution in [1.82, 2.24) is 14.8 Å². The Labute approximate surface area is 160 Å². The molecule has 1 amide bonds. The van der Waals surface area contributed by atoms with E-state index in [4.69, 9.17) is 9.47 Å². The zero-order valence-electron chi connectivity index (χ0n) is 15.9. The van der Waals surface area contributed by atoms with Crippen LogP contribution in [0.4, 0.5) is 0 Å². The van der Waals surface area contributed by atoms with Gasteiger partial charge in [-0.25, -0.2) is 0 Å². The number of amides is 1. The van der Waals surface area contributed by atoms with E-state index >= 15 is 0 Å². The average Bonchev–Trinajstić information content (AvgIpc) is 3.41. The van der Waals surface area contributed by atoms with Crippen LogP contribution in [0.25, 0.3) is 0 Å². The van der Waals surface area contributed by atoms with Crippen LogP contribution in [0.15, 0.2) is 24.4 Å². The molecule has 5 rings (SSSR count). The number of pyridine rings is 1. The summed E-state index contributed by atoms with van der Waals surface area (Å²) in [5, 5.41) is 0. The second-order valence-corrected chi connectivity index (χ2v) is 8.64. The minimum absolute atomic E-state index is 0.162. The van der Waals surface area contributed by atoms with Crippen LogP contribution in [0.5, 0.6) is 0 Å². The zero-order chi connectivity index (χ0) is 18.3. The van der Waals surface area contributed by atoms with Gasteiger partial charge in [-0.05, 0) is 44.4 Å². The van der Waals surface area contributed by atoms with Gasteiger partial charge in [0.25, 0.3) is 0 Å². The first-order valence-electron chi connectivity index (χ1n) is 10.4. The van der Waals surface area contributed by atoms with E-state index in [1.807, 2.05) is 23.1 Å². The third kappa shape index (κ3) is 3.18. The quantitative estimate of drug-likeness (QED) is 0.815. The van der Waals surface area contributed by atoms with Crippen molar-refractivity contribution in [3.63, 3.8) is 0 Å². The standard InChI is InChI=1S/C21H29N3O3/c25-19-20(8-11-23(19)15-17-3-1-2-10-22-17)9-12-24(16-20)18-4-6-21(7-5-18)26-13-14-27-21/h1-3,10,18H,4-9,11-16H2. The molecule has 27 heavy (non-hydrogen) atoms. The van der Waals surface area contributed by atoms with Gasteiger partial charge in [0.1, 0.15) is 0 Å². The first kappa shape index (κ1) is 17.6. The summed E-state index contributed by atoms with van der Waals surface area (Å²) in [5.41, 5.74) is 0.816. The summed E-state index contributed by atoms with van der Waals surface area (Å²) in [4.78, 5) is 22.2. The fourth-order valence-corrected chi connectivity index (χ4v) is 5.52. The molecule has 1 aromatic rings. The van der Waals surface area contributed by atoms with Crippen molar-refractivity contribution in [2.45, 2.75) is 56.9 Å². The Hall–Kier alpha value is -1.50. The van der Waals surface area contributed by atoms with Crippen LogP contribution in [0.3, 0.4) is 0 Å². The Balaban J connectivity index is 1.20. The van der Waals surface area contributed by atoms with Crippen LogP contribution in [-0.4, -0.2) is 65.4 Å². The number of aromatic nitrogens is 1. The van der Waals surface area contributed by atoms with Crippen molar-refractivity contribution in [2.24, 2.45) is 5.41 Å². The minimum Gasteiger partial charge on any atom is -0.348 e. The van der Waals surface area contributed by atoms with Crippen LogP contribution in [-0.2, 0) is 20.8 Å². The van der Waals surface area contributed by atoms with Crippen molar-refractivity contribution >= 4 is 5.91 Å². The summed E-state index contributed by atoms with van der Waals surface area (Å²) < 4.78 is 11.7. The second-order valence-electron chi connectivity index (χ2n) is 8.64. The van der Waals surface area contributed by atoms with E-state index in [1.165, 1.54) is 0 Å². The van der Waals surface area contributed by atoms with Crippen LogP contribution < -0.4 is 0 Å². The second kappa shape index (κ2) is 6.83. The molecule has 0 radical (unpaired) electrons. The molecule has 1 unspecified atom stereocenters. The largest absolute Gasteiger partial charge is 0.348 e. The maximum atomic E-state index is 13.2. The monoisotopic (exact) mass is 371 g/mol. The molecule has 1 atom stereocenters. The summed E-state index contributed by atoms with van der Waals surface area (Å²) in [6, 6.07) is 6.48.